The number of ether oxygens (including phenoxy) is 2. The van der Waals surface area contributed by atoms with Crippen LogP contribution in [0.5, 0.6) is 5.75 Å². The van der Waals surface area contributed by atoms with Gasteiger partial charge in [0.1, 0.15) is 11.6 Å². The molecule has 0 amide bonds. The average molecular weight is 289 g/mol. The lowest BCUT2D eigenvalue weighted by Gasteiger charge is -2.09. The molecule has 2 aromatic heterocycles. The summed E-state index contributed by atoms with van der Waals surface area (Å²) in [6.45, 7) is 1.04. The fourth-order valence-electron chi connectivity index (χ4n) is 2.79. The summed E-state index contributed by atoms with van der Waals surface area (Å²) in [5.74, 6) is 1.17. The van der Waals surface area contributed by atoms with E-state index < -0.39 is 5.97 Å². The number of pyridine rings is 1. The third kappa shape index (κ3) is 2.58. The van der Waals surface area contributed by atoms with Gasteiger partial charge in [0.2, 0.25) is 0 Å². The van der Waals surface area contributed by atoms with E-state index in [9.17, 15) is 4.79 Å². The lowest BCUT2D eigenvalue weighted by Crippen LogP contribution is -2.24. The Morgan fingerprint density at radius 2 is 2.33 bits per heavy atom. The second kappa shape index (κ2) is 5.73. The number of imidazole rings is 1. The highest BCUT2D eigenvalue weighted by Crippen LogP contribution is 2.21. The van der Waals surface area contributed by atoms with E-state index in [1.54, 1.807) is 7.11 Å². The predicted molar refractivity (Wildman–Crippen MR) is 77.8 cm³/mol. The van der Waals surface area contributed by atoms with Crippen molar-refractivity contribution in [1.29, 1.82) is 0 Å². The van der Waals surface area contributed by atoms with Gasteiger partial charge in [0.05, 0.1) is 25.9 Å². The molecule has 0 aliphatic carbocycles. The molecule has 21 heavy (non-hydrogen) atoms. The molecular formula is C15H19N3O3. The van der Waals surface area contributed by atoms with E-state index in [2.05, 4.69) is 10.3 Å². The zero-order chi connectivity index (χ0) is 14.8. The maximum Gasteiger partial charge on any atom is 0.358 e. The quantitative estimate of drug-likeness (QED) is 0.862. The number of nitrogens with one attached hydrogen (secondary N) is 1. The maximum atomic E-state index is 11.9. The first-order valence-electron chi connectivity index (χ1n) is 7.09. The van der Waals surface area contributed by atoms with Gasteiger partial charge in [0, 0.05) is 12.5 Å². The van der Waals surface area contributed by atoms with Gasteiger partial charge >= 0.3 is 5.97 Å². The number of carbonyl (C=O) groups is 1. The number of carbonyl (C=O) groups excluding carboxylic acids is 1. The molecule has 0 saturated carbocycles. The Hall–Kier alpha value is -2.08. The summed E-state index contributed by atoms with van der Waals surface area (Å²) < 4.78 is 12.0. The van der Waals surface area contributed by atoms with Gasteiger partial charge in [-0.15, -0.1) is 0 Å². The summed E-state index contributed by atoms with van der Waals surface area (Å²) in [6.07, 6.45) is 4.96. The Morgan fingerprint density at radius 3 is 3.00 bits per heavy atom. The van der Waals surface area contributed by atoms with Gasteiger partial charge in [0.15, 0.2) is 5.69 Å². The molecule has 1 saturated heterocycles. The molecule has 3 rings (SSSR count). The van der Waals surface area contributed by atoms with Crippen LogP contribution in [0.1, 0.15) is 29.2 Å². The molecule has 1 N–H and O–H groups in total. The first-order chi connectivity index (χ1) is 10.2. The molecule has 2 aromatic rings. The minimum absolute atomic E-state index is 0.355. The predicted octanol–water partition coefficient (Wildman–Crippen LogP) is 1.42. The maximum absolute atomic E-state index is 11.9. The molecule has 6 heteroatoms. The smallest absolute Gasteiger partial charge is 0.358 e. The van der Waals surface area contributed by atoms with Crippen molar-refractivity contribution >= 4 is 11.5 Å². The lowest BCUT2D eigenvalue weighted by atomic mass is 10.1. The molecule has 0 bridgehead atoms. The van der Waals surface area contributed by atoms with Gasteiger partial charge in [-0.3, -0.25) is 4.40 Å². The van der Waals surface area contributed by atoms with Crippen LogP contribution >= 0.6 is 0 Å². The van der Waals surface area contributed by atoms with Crippen molar-refractivity contribution in [3.63, 3.8) is 0 Å². The minimum atomic E-state index is -0.414. The van der Waals surface area contributed by atoms with Crippen molar-refractivity contribution in [1.82, 2.24) is 14.7 Å². The first-order valence-corrected chi connectivity index (χ1v) is 7.09. The van der Waals surface area contributed by atoms with Crippen molar-refractivity contribution in [3.8, 4) is 5.75 Å². The molecule has 1 aliphatic heterocycles. The Labute approximate surface area is 123 Å². The third-order valence-corrected chi connectivity index (χ3v) is 3.89. The Bertz CT molecular complexity index is 659. The molecule has 1 atom stereocenters. The van der Waals surface area contributed by atoms with Crippen LogP contribution in [0.25, 0.3) is 5.52 Å². The van der Waals surface area contributed by atoms with Gasteiger partial charge in [-0.2, -0.15) is 0 Å². The summed E-state index contributed by atoms with van der Waals surface area (Å²) >= 11 is 0. The molecule has 0 spiro atoms. The summed E-state index contributed by atoms with van der Waals surface area (Å²) in [5.41, 5.74) is 1.10. The number of hydrogen-bond donors (Lipinski definition) is 1. The second-order valence-corrected chi connectivity index (χ2v) is 5.19. The third-order valence-electron chi connectivity index (χ3n) is 3.89. The highest BCUT2D eigenvalue weighted by molar-refractivity contribution is 5.95. The number of hydrogen-bond acceptors (Lipinski definition) is 5. The van der Waals surface area contributed by atoms with Crippen LogP contribution < -0.4 is 10.1 Å². The zero-order valence-electron chi connectivity index (χ0n) is 12.3. The highest BCUT2D eigenvalue weighted by Gasteiger charge is 2.22. The molecular weight excluding hydrogens is 270 g/mol. The van der Waals surface area contributed by atoms with Crippen LogP contribution in [0, 0.1) is 0 Å². The van der Waals surface area contributed by atoms with Crippen molar-refractivity contribution in [3.05, 3.63) is 29.8 Å². The van der Waals surface area contributed by atoms with Crippen LogP contribution in [-0.2, 0) is 11.2 Å². The largest absolute Gasteiger partial charge is 0.495 e. The molecule has 1 unspecified atom stereocenters. The number of nitrogens with zero attached hydrogens (tertiary/aromatic N) is 2. The van der Waals surface area contributed by atoms with Gasteiger partial charge in [-0.25, -0.2) is 9.78 Å². The van der Waals surface area contributed by atoms with Crippen LogP contribution in [0.2, 0.25) is 0 Å². The van der Waals surface area contributed by atoms with Gasteiger partial charge in [-0.1, -0.05) is 0 Å². The fraction of sp³-hybridized carbons (Fsp3) is 0.467. The Kier molecular flexibility index (Phi) is 3.79. The normalized spacial score (nSPS) is 18.1. The lowest BCUT2D eigenvalue weighted by molar-refractivity contribution is 0.0596. The topological polar surface area (TPSA) is 64.9 Å². The molecule has 1 aliphatic rings. The average Bonchev–Trinajstić information content (AvgIpc) is 3.14. The second-order valence-electron chi connectivity index (χ2n) is 5.19. The number of esters is 1. The van der Waals surface area contributed by atoms with Gasteiger partial charge in [-0.05, 0) is 31.5 Å². The summed E-state index contributed by atoms with van der Waals surface area (Å²) in [6, 6.07) is 4.07. The van der Waals surface area contributed by atoms with Crippen LogP contribution in [-0.4, -0.2) is 42.2 Å². The molecule has 112 valence electrons. The van der Waals surface area contributed by atoms with Crippen molar-refractivity contribution in [2.45, 2.75) is 25.3 Å². The highest BCUT2D eigenvalue weighted by atomic mass is 16.5. The van der Waals surface area contributed by atoms with Crippen LogP contribution in [0.4, 0.5) is 0 Å². The standard InChI is InChI=1S/C15H19N3O3/c1-20-11-5-6-12-14(15(19)21-2)17-13(18(12)9-11)8-10-4-3-7-16-10/h5-6,9-10,16H,3-4,7-8H2,1-2H3. The molecule has 6 nitrogen and oxygen atoms in total. The summed E-state index contributed by atoms with van der Waals surface area (Å²) in [4.78, 5) is 16.4. The van der Waals surface area contributed by atoms with E-state index in [1.165, 1.54) is 13.5 Å². The van der Waals surface area contributed by atoms with E-state index in [1.807, 2.05) is 22.7 Å². The van der Waals surface area contributed by atoms with E-state index in [4.69, 9.17) is 9.47 Å². The van der Waals surface area contributed by atoms with Gasteiger partial charge in [0.25, 0.3) is 0 Å². The van der Waals surface area contributed by atoms with Crippen LogP contribution in [0.3, 0.4) is 0 Å². The summed E-state index contributed by atoms with van der Waals surface area (Å²) in [7, 11) is 2.99. The SMILES string of the molecule is COC(=O)c1nc(CC2CCCN2)n2cc(OC)ccc12. The van der Waals surface area contributed by atoms with Crippen molar-refractivity contribution in [2.75, 3.05) is 20.8 Å². The fourth-order valence-corrected chi connectivity index (χ4v) is 2.79. The number of fused-ring (bicyclic) bond motifs is 1. The molecule has 3 heterocycles. The first kappa shape index (κ1) is 13.9. The summed E-state index contributed by atoms with van der Waals surface area (Å²) in [5, 5.41) is 3.45. The molecule has 1 fully saturated rings. The number of methoxy groups -OCH3 is 2. The Morgan fingerprint density at radius 1 is 1.48 bits per heavy atom. The number of aromatic nitrogens is 2. The monoisotopic (exact) mass is 289 g/mol. The van der Waals surface area contributed by atoms with Gasteiger partial charge < -0.3 is 14.8 Å². The minimum Gasteiger partial charge on any atom is -0.495 e. The molecule has 0 radical (unpaired) electrons. The van der Waals surface area contributed by atoms with Crippen molar-refractivity contribution < 1.29 is 14.3 Å². The van der Waals surface area contributed by atoms with Crippen molar-refractivity contribution in [2.24, 2.45) is 0 Å². The van der Waals surface area contributed by atoms with E-state index >= 15 is 0 Å². The number of rotatable bonds is 4. The Balaban J connectivity index is 2.05. The van der Waals surface area contributed by atoms with E-state index in [0.717, 1.165) is 36.5 Å². The van der Waals surface area contributed by atoms with E-state index in [0.29, 0.717) is 11.7 Å². The zero-order valence-corrected chi connectivity index (χ0v) is 12.3. The van der Waals surface area contributed by atoms with E-state index in [-0.39, 0.29) is 0 Å². The van der Waals surface area contributed by atoms with Crippen LogP contribution in [0.15, 0.2) is 18.3 Å². The molecule has 0 aromatic carbocycles.